The summed E-state index contributed by atoms with van der Waals surface area (Å²) in [5.41, 5.74) is 0. The molecule has 1 fully saturated rings. The van der Waals surface area contributed by atoms with E-state index in [9.17, 15) is 0 Å². The molecule has 8 heteroatoms. The molecule has 164 valence electrons. The Hall–Kier alpha value is -1.74. The minimum Gasteiger partial charge on any atom is -0.487 e. The van der Waals surface area contributed by atoms with Gasteiger partial charge in [-0.15, -0.1) is 24.0 Å². The van der Waals surface area contributed by atoms with Crippen LogP contribution in [0.25, 0.3) is 0 Å². The number of piperidine rings is 1. The summed E-state index contributed by atoms with van der Waals surface area (Å²) < 4.78 is 5.92. The molecule has 1 aromatic carbocycles. The molecule has 1 atom stereocenters. The topological polar surface area (TPSA) is 61.8 Å². The van der Waals surface area contributed by atoms with Gasteiger partial charge in [0.15, 0.2) is 5.96 Å². The zero-order valence-corrected chi connectivity index (χ0v) is 20.6. The van der Waals surface area contributed by atoms with Crippen LogP contribution in [0.1, 0.15) is 26.7 Å². The van der Waals surface area contributed by atoms with Gasteiger partial charge in [-0.3, -0.25) is 0 Å². The Bertz CT molecular complexity index is 784. The van der Waals surface area contributed by atoms with Crippen LogP contribution in [0.15, 0.2) is 53.7 Å². The van der Waals surface area contributed by atoms with Crippen molar-refractivity contribution in [3.8, 4) is 5.75 Å². The van der Waals surface area contributed by atoms with Gasteiger partial charge in [0.2, 0.25) is 0 Å². The molecule has 2 N–H and O–H groups in total. The largest absolute Gasteiger partial charge is 0.487 e. The summed E-state index contributed by atoms with van der Waals surface area (Å²) in [5.74, 6) is 2.58. The Morgan fingerprint density at radius 2 is 1.97 bits per heavy atom. The quantitative estimate of drug-likeness (QED) is 0.309. The average Bonchev–Trinajstić information content (AvgIpc) is 2.75. The first-order valence-electron chi connectivity index (χ1n) is 10.3. The number of para-hydroxylation sites is 1. The Balaban J connectivity index is 0.00000320. The van der Waals surface area contributed by atoms with Gasteiger partial charge in [0.1, 0.15) is 17.7 Å². The highest BCUT2D eigenvalue weighted by Gasteiger charge is 2.20. The van der Waals surface area contributed by atoms with E-state index in [1.165, 1.54) is 0 Å². The molecule has 1 saturated heterocycles. The van der Waals surface area contributed by atoms with Crippen molar-refractivity contribution in [3.05, 3.63) is 53.7 Å². The van der Waals surface area contributed by atoms with Crippen LogP contribution in [-0.2, 0) is 0 Å². The van der Waals surface area contributed by atoms with Gasteiger partial charge in [0.25, 0.3) is 0 Å². The number of nitrogens with zero attached hydrogens (tertiary/aromatic N) is 3. The molecule has 1 aliphatic rings. The molecule has 6 nitrogen and oxygen atoms in total. The van der Waals surface area contributed by atoms with E-state index in [4.69, 9.17) is 21.3 Å². The molecule has 0 spiro atoms. The highest BCUT2D eigenvalue weighted by Crippen LogP contribution is 2.24. The van der Waals surface area contributed by atoms with Crippen LogP contribution >= 0.6 is 35.6 Å². The number of halogens is 2. The zero-order chi connectivity index (χ0) is 20.5. The predicted octanol–water partition coefficient (Wildman–Crippen LogP) is 4.34. The summed E-state index contributed by atoms with van der Waals surface area (Å²) in [7, 11) is 0. The highest BCUT2D eigenvalue weighted by atomic mass is 127. The molecule has 0 aliphatic carbocycles. The summed E-state index contributed by atoms with van der Waals surface area (Å²) in [6.07, 6.45) is 3.87. The van der Waals surface area contributed by atoms with E-state index in [0.717, 1.165) is 44.3 Å². The summed E-state index contributed by atoms with van der Waals surface area (Å²) in [6.45, 7) is 7.41. The van der Waals surface area contributed by atoms with Crippen molar-refractivity contribution in [1.29, 1.82) is 0 Å². The lowest BCUT2D eigenvalue weighted by Crippen LogP contribution is -2.49. The first kappa shape index (κ1) is 24.5. The van der Waals surface area contributed by atoms with E-state index in [0.29, 0.717) is 23.4 Å². The minimum atomic E-state index is -0.0728. The predicted molar refractivity (Wildman–Crippen MR) is 136 cm³/mol. The third kappa shape index (κ3) is 7.50. The maximum Gasteiger partial charge on any atom is 0.191 e. The molecule has 0 saturated carbocycles. The summed E-state index contributed by atoms with van der Waals surface area (Å²) >= 11 is 6.17. The van der Waals surface area contributed by atoms with Gasteiger partial charge in [0, 0.05) is 31.9 Å². The van der Waals surface area contributed by atoms with Crippen molar-refractivity contribution in [3.63, 3.8) is 0 Å². The monoisotopic (exact) mass is 543 g/mol. The van der Waals surface area contributed by atoms with Crippen LogP contribution in [0, 0.1) is 0 Å². The zero-order valence-electron chi connectivity index (χ0n) is 17.6. The fourth-order valence-corrected chi connectivity index (χ4v) is 3.50. The molecule has 30 heavy (non-hydrogen) atoms. The van der Waals surface area contributed by atoms with E-state index in [2.05, 4.69) is 33.5 Å². The lowest BCUT2D eigenvalue weighted by atomic mass is 10.1. The SMILES string of the molecule is CCNC(=NCC(C)Oc1ccccc1Cl)NC1CCN(c2ccccn2)CC1.I. The second kappa shape index (κ2) is 12.8. The fraction of sp³-hybridized carbons (Fsp3) is 0.455. The number of benzene rings is 1. The second-order valence-corrected chi connectivity index (χ2v) is 7.58. The Kier molecular flexibility index (Phi) is 10.5. The van der Waals surface area contributed by atoms with Crippen LogP contribution in [0.5, 0.6) is 5.75 Å². The van der Waals surface area contributed by atoms with Crippen molar-refractivity contribution < 1.29 is 4.74 Å². The molecule has 2 heterocycles. The first-order chi connectivity index (χ1) is 14.2. The van der Waals surface area contributed by atoms with Crippen molar-refractivity contribution in [2.45, 2.75) is 38.8 Å². The van der Waals surface area contributed by atoms with Crippen LogP contribution in [0.2, 0.25) is 5.02 Å². The molecule has 3 rings (SSSR count). The van der Waals surface area contributed by atoms with Gasteiger partial charge in [-0.1, -0.05) is 29.8 Å². The molecular weight excluding hydrogens is 513 g/mol. The molecule has 1 aliphatic heterocycles. The van der Waals surface area contributed by atoms with Crippen LogP contribution in [-0.4, -0.2) is 49.3 Å². The van der Waals surface area contributed by atoms with Crippen LogP contribution < -0.4 is 20.3 Å². The maximum atomic E-state index is 6.17. The van der Waals surface area contributed by atoms with Gasteiger partial charge in [-0.05, 0) is 51.0 Å². The number of ether oxygens (including phenoxy) is 1. The average molecular weight is 544 g/mol. The van der Waals surface area contributed by atoms with Crippen molar-refractivity contribution in [2.75, 3.05) is 31.1 Å². The molecule has 1 aromatic heterocycles. The smallest absolute Gasteiger partial charge is 0.191 e. The van der Waals surface area contributed by atoms with Crippen molar-refractivity contribution >= 4 is 47.4 Å². The van der Waals surface area contributed by atoms with E-state index >= 15 is 0 Å². The van der Waals surface area contributed by atoms with Gasteiger partial charge >= 0.3 is 0 Å². The minimum absolute atomic E-state index is 0. The van der Waals surface area contributed by atoms with E-state index in [1.54, 1.807) is 0 Å². The number of guanidine groups is 1. The Labute approximate surface area is 201 Å². The molecule has 1 unspecified atom stereocenters. The first-order valence-corrected chi connectivity index (χ1v) is 10.7. The Morgan fingerprint density at radius 1 is 1.23 bits per heavy atom. The van der Waals surface area contributed by atoms with Gasteiger partial charge in [0.05, 0.1) is 11.6 Å². The number of pyridine rings is 1. The number of anilines is 1. The summed E-state index contributed by atoms with van der Waals surface area (Å²) in [4.78, 5) is 11.5. The highest BCUT2D eigenvalue weighted by molar-refractivity contribution is 14.0. The number of aliphatic imine (C=N–C) groups is 1. The second-order valence-electron chi connectivity index (χ2n) is 7.17. The van der Waals surface area contributed by atoms with Gasteiger partial charge < -0.3 is 20.3 Å². The number of rotatable bonds is 7. The summed E-state index contributed by atoms with van der Waals surface area (Å²) in [5, 5.41) is 7.52. The number of hydrogen-bond acceptors (Lipinski definition) is 4. The lowest BCUT2D eigenvalue weighted by Gasteiger charge is -2.33. The Morgan fingerprint density at radius 3 is 2.63 bits per heavy atom. The fourth-order valence-electron chi connectivity index (χ4n) is 3.32. The molecule has 0 bridgehead atoms. The maximum absolute atomic E-state index is 6.17. The van der Waals surface area contributed by atoms with Gasteiger partial charge in [-0.2, -0.15) is 0 Å². The van der Waals surface area contributed by atoms with Crippen molar-refractivity contribution in [1.82, 2.24) is 15.6 Å². The number of hydrogen-bond donors (Lipinski definition) is 2. The lowest BCUT2D eigenvalue weighted by molar-refractivity contribution is 0.230. The van der Waals surface area contributed by atoms with E-state index < -0.39 is 0 Å². The number of nitrogens with one attached hydrogen (secondary N) is 2. The molecular formula is C22H31ClIN5O. The van der Waals surface area contributed by atoms with Crippen LogP contribution in [0.4, 0.5) is 5.82 Å². The number of aromatic nitrogens is 1. The van der Waals surface area contributed by atoms with E-state index in [1.807, 2.05) is 49.5 Å². The standard InChI is InChI=1S/C22H30ClN5O.HI/c1-3-24-22(26-16-17(2)29-20-9-5-4-8-19(20)23)27-18-11-14-28(15-12-18)21-10-6-7-13-25-21;/h4-10,13,17-18H,3,11-12,14-16H2,1-2H3,(H2,24,26,27);1H. The molecule has 0 radical (unpaired) electrons. The molecule has 2 aromatic rings. The third-order valence-electron chi connectivity index (χ3n) is 4.82. The normalized spacial score (nSPS) is 15.8. The summed E-state index contributed by atoms with van der Waals surface area (Å²) in [6, 6.07) is 14.0. The van der Waals surface area contributed by atoms with E-state index in [-0.39, 0.29) is 30.1 Å². The van der Waals surface area contributed by atoms with Crippen molar-refractivity contribution in [2.24, 2.45) is 4.99 Å². The third-order valence-corrected chi connectivity index (χ3v) is 5.14. The van der Waals surface area contributed by atoms with Crippen LogP contribution in [0.3, 0.4) is 0 Å². The molecule has 0 amide bonds. The van der Waals surface area contributed by atoms with Gasteiger partial charge in [-0.25, -0.2) is 9.98 Å².